The maximum Gasteiger partial charge on any atom is 0.231 e. The van der Waals surface area contributed by atoms with Gasteiger partial charge in [-0.2, -0.15) is 10.1 Å². The van der Waals surface area contributed by atoms with Crippen LogP contribution in [0.15, 0.2) is 54.9 Å². The smallest absolute Gasteiger partial charge is 0.231 e. The molecule has 0 aliphatic carbocycles. The average molecular weight is 378 g/mol. The highest BCUT2D eigenvalue weighted by Crippen LogP contribution is 2.42. The van der Waals surface area contributed by atoms with Crippen molar-refractivity contribution in [1.29, 1.82) is 0 Å². The molecule has 0 unspecified atom stereocenters. The second kappa shape index (κ2) is 7.54. The van der Waals surface area contributed by atoms with Crippen LogP contribution in [-0.4, -0.2) is 20.7 Å². The molecule has 2 aromatic carbocycles. The molecule has 1 aromatic heterocycles. The van der Waals surface area contributed by atoms with Gasteiger partial charge in [0.2, 0.25) is 11.9 Å². The third kappa shape index (κ3) is 3.30. The van der Waals surface area contributed by atoms with Crippen molar-refractivity contribution in [3.63, 3.8) is 0 Å². The monoisotopic (exact) mass is 378 g/mol. The highest BCUT2D eigenvalue weighted by molar-refractivity contribution is 5.92. The highest BCUT2D eigenvalue weighted by atomic mass is 19.1. The molecule has 0 saturated heterocycles. The Kier molecular flexibility index (Phi) is 4.94. The van der Waals surface area contributed by atoms with E-state index in [9.17, 15) is 9.18 Å². The van der Waals surface area contributed by atoms with Crippen LogP contribution in [0.2, 0.25) is 0 Å². The average Bonchev–Trinajstić information content (AvgIpc) is 3.18. The first kappa shape index (κ1) is 18.3. The molecule has 1 aliphatic heterocycles. The SMILES string of the molecule is CCCC(=O)N1c2ncnn2[C@H](c2ccc(F)cc2)C[C@@H]1c1ccc(C)cc1. The van der Waals surface area contributed by atoms with Crippen LogP contribution in [0.5, 0.6) is 0 Å². The topological polar surface area (TPSA) is 51.0 Å². The van der Waals surface area contributed by atoms with Crippen LogP contribution in [0, 0.1) is 12.7 Å². The number of rotatable bonds is 4. The van der Waals surface area contributed by atoms with Gasteiger partial charge in [0.1, 0.15) is 12.1 Å². The van der Waals surface area contributed by atoms with Crippen molar-refractivity contribution < 1.29 is 9.18 Å². The van der Waals surface area contributed by atoms with E-state index >= 15 is 0 Å². The van der Waals surface area contributed by atoms with Gasteiger partial charge in [-0.15, -0.1) is 0 Å². The van der Waals surface area contributed by atoms with Gasteiger partial charge < -0.3 is 0 Å². The summed E-state index contributed by atoms with van der Waals surface area (Å²) in [6.07, 6.45) is 3.36. The summed E-state index contributed by atoms with van der Waals surface area (Å²) in [5, 5.41) is 4.39. The van der Waals surface area contributed by atoms with E-state index in [1.54, 1.807) is 21.7 Å². The fourth-order valence-electron chi connectivity index (χ4n) is 3.85. The van der Waals surface area contributed by atoms with E-state index in [2.05, 4.69) is 34.3 Å². The number of carbonyl (C=O) groups is 1. The van der Waals surface area contributed by atoms with Crippen LogP contribution in [0.3, 0.4) is 0 Å². The summed E-state index contributed by atoms with van der Waals surface area (Å²) in [5.41, 5.74) is 3.19. The first-order valence-electron chi connectivity index (χ1n) is 9.62. The van der Waals surface area contributed by atoms with Crippen molar-refractivity contribution >= 4 is 11.9 Å². The molecule has 0 radical (unpaired) electrons. The molecule has 2 heterocycles. The molecular weight excluding hydrogens is 355 g/mol. The van der Waals surface area contributed by atoms with E-state index in [-0.39, 0.29) is 23.8 Å². The minimum absolute atomic E-state index is 0.0416. The number of halogens is 1. The van der Waals surface area contributed by atoms with E-state index in [0.29, 0.717) is 18.8 Å². The molecule has 4 rings (SSSR count). The molecule has 5 nitrogen and oxygen atoms in total. The van der Waals surface area contributed by atoms with Gasteiger partial charge in [0.05, 0.1) is 12.1 Å². The standard InChI is InChI=1S/C22H23FN4O/c1-3-4-21(28)26-19(16-7-5-15(2)6-8-16)13-20(27-22(26)24-14-25-27)17-9-11-18(23)12-10-17/h5-12,14,19-20H,3-4,13H2,1-2H3/t19-,20+/m1/s1. The van der Waals surface area contributed by atoms with Crippen LogP contribution in [0.1, 0.15) is 55.0 Å². The van der Waals surface area contributed by atoms with Crippen molar-refractivity contribution in [2.45, 2.75) is 45.2 Å². The Hall–Kier alpha value is -3.02. The second-order valence-electron chi connectivity index (χ2n) is 7.25. The van der Waals surface area contributed by atoms with Crippen molar-refractivity contribution in [3.8, 4) is 0 Å². The molecule has 0 fully saturated rings. The van der Waals surface area contributed by atoms with Crippen molar-refractivity contribution in [3.05, 3.63) is 77.4 Å². The normalized spacial score (nSPS) is 18.8. The molecule has 1 amide bonds. The summed E-state index contributed by atoms with van der Waals surface area (Å²) in [7, 11) is 0. The molecule has 2 atom stereocenters. The summed E-state index contributed by atoms with van der Waals surface area (Å²) in [6.45, 7) is 4.04. The maximum atomic E-state index is 13.4. The van der Waals surface area contributed by atoms with Crippen LogP contribution >= 0.6 is 0 Å². The Morgan fingerprint density at radius 2 is 1.71 bits per heavy atom. The number of fused-ring (bicyclic) bond motifs is 1. The summed E-state index contributed by atoms with van der Waals surface area (Å²) in [5.74, 6) is 0.317. The molecule has 0 saturated carbocycles. The Bertz CT molecular complexity index is 965. The third-order valence-electron chi connectivity index (χ3n) is 5.27. The van der Waals surface area contributed by atoms with Gasteiger partial charge in [-0.05, 0) is 43.0 Å². The molecule has 3 aromatic rings. The molecule has 1 aliphatic rings. The number of benzene rings is 2. The van der Waals surface area contributed by atoms with Crippen molar-refractivity contribution in [2.24, 2.45) is 0 Å². The summed E-state index contributed by atoms with van der Waals surface area (Å²) < 4.78 is 15.2. The molecule has 144 valence electrons. The number of aryl methyl sites for hydroxylation is 1. The van der Waals surface area contributed by atoms with E-state index in [1.165, 1.54) is 24.0 Å². The fourth-order valence-corrected chi connectivity index (χ4v) is 3.85. The van der Waals surface area contributed by atoms with Crippen LogP contribution in [0.25, 0.3) is 0 Å². The number of anilines is 1. The lowest BCUT2D eigenvalue weighted by Gasteiger charge is -2.39. The van der Waals surface area contributed by atoms with Crippen LogP contribution in [-0.2, 0) is 4.79 Å². The zero-order chi connectivity index (χ0) is 19.7. The lowest BCUT2D eigenvalue weighted by molar-refractivity contribution is -0.119. The van der Waals surface area contributed by atoms with Gasteiger partial charge in [-0.25, -0.2) is 9.07 Å². The quantitative estimate of drug-likeness (QED) is 0.667. The molecule has 0 N–H and O–H groups in total. The number of aromatic nitrogens is 3. The third-order valence-corrected chi connectivity index (χ3v) is 5.27. The summed E-state index contributed by atoms with van der Waals surface area (Å²) in [4.78, 5) is 19.2. The Labute approximate surface area is 163 Å². The van der Waals surface area contributed by atoms with E-state index in [0.717, 1.165) is 17.5 Å². The lowest BCUT2D eigenvalue weighted by Crippen LogP contribution is -2.42. The zero-order valence-electron chi connectivity index (χ0n) is 16.0. The van der Waals surface area contributed by atoms with Gasteiger partial charge in [0.15, 0.2) is 0 Å². The first-order chi connectivity index (χ1) is 13.6. The fraction of sp³-hybridized carbons (Fsp3) is 0.318. The van der Waals surface area contributed by atoms with Crippen molar-refractivity contribution in [1.82, 2.24) is 14.8 Å². The second-order valence-corrected chi connectivity index (χ2v) is 7.25. The number of amides is 1. The minimum Gasteiger partial charge on any atom is -0.274 e. The predicted octanol–water partition coefficient (Wildman–Crippen LogP) is 4.59. The number of carbonyl (C=O) groups excluding carboxylic acids is 1. The molecule has 6 heteroatoms. The lowest BCUT2D eigenvalue weighted by atomic mass is 9.91. The molecule has 28 heavy (non-hydrogen) atoms. The Morgan fingerprint density at radius 1 is 1.07 bits per heavy atom. The van der Waals surface area contributed by atoms with Gasteiger partial charge >= 0.3 is 0 Å². The van der Waals surface area contributed by atoms with E-state index in [1.807, 2.05) is 13.8 Å². The molecule has 0 spiro atoms. The van der Waals surface area contributed by atoms with Crippen LogP contribution in [0.4, 0.5) is 10.3 Å². The molecule has 0 bridgehead atoms. The summed E-state index contributed by atoms with van der Waals surface area (Å²) in [6, 6.07) is 14.5. The zero-order valence-corrected chi connectivity index (χ0v) is 16.0. The summed E-state index contributed by atoms with van der Waals surface area (Å²) >= 11 is 0. The van der Waals surface area contributed by atoms with E-state index in [4.69, 9.17) is 0 Å². The number of nitrogens with zero attached hydrogens (tertiary/aromatic N) is 4. The van der Waals surface area contributed by atoms with Gasteiger partial charge in [-0.1, -0.05) is 48.9 Å². The molecular formula is C22H23FN4O. The predicted molar refractivity (Wildman–Crippen MR) is 105 cm³/mol. The Balaban J connectivity index is 1.81. The maximum absolute atomic E-state index is 13.4. The Morgan fingerprint density at radius 3 is 2.39 bits per heavy atom. The van der Waals surface area contributed by atoms with Crippen molar-refractivity contribution in [2.75, 3.05) is 4.90 Å². The van der Waals surface area contributed by atoms with E-state index < -0.39 is 0 Å². The van der Waals surface area contributed by atoms with Gasteiger partial charge in [-0.3, -0.25) is 9.69 Å². The number of hydrogen-bond donors (Lipinski definition) is 0. The van der Waals surface area contributed by atoms with Crippen LogP contribution < -0.4 is 4.90 Å². The van der Waals surface area contributed by atoms with Gasteiger partial charge in [0.25, 0.3) is 0 Å². The first-order valence-corrected chi connectivity index (χ1v) is 9.62. The van der Waals surface area contributed by atoms with Gasteiger partial charge in [0, 0.05) is 6.42 Å². The highest BCUT2D eigenvalue weighted by Gasteiger charge is 2.38. The number of hydrogen-bond acceptors (Lipinski definition) is 3. The minimum atomic E-state index is -0.270. The largest absolute Gasteiger partial charge is 0.274 e.